The van der Waals surface area contributed by atoms with E-state index in [1.54, 1.807) is 6.07 Å². The van der Waals surface area contributed by atoms with Gasteiger partial charge in [0.2, 0.25) is 0 Å². The van der Waals surface area contributed by atoms with Crippen LogP contribution in [0.2, 0.25) is 5.02 Å². The molecule has 1 unspecified atom stereocenters. The Morgan fingerprint density at radius 3 is 2.80 bits per heavy atom. The van der Waals surface area contributed by atoms with Crippen molar-refractivity contribution in [2.24, 2.45) is 0 Å². The van der Waals surface area contributed by atoms with Crippen molar-refractivity contribution in [2.75, 3.05) is 17.6 Å². The fourth-order valence-electron chi connectivity index (χ4n) is 1.27. The number of hydrogen-bond acceptors (Lipinski definition) is 3. The maximum Gasteiger partial charge on any atom is 0.0709 e. The van der Waals surface area contributed by atoms with E-state index in [1.807, 2.05) is 19.9 Å². The molecule has 4 heteroatoms. The summed E-state index contributed by atoms with van der Waals surface area (Å²) >= 11 is 5.91. The van der Waals surface area contributed by atoms with Crippen LogP contribution in [0.1, 0.15) is 18.9 Å². The average molecular weight is 229 g/mol. The van der Waals surface area contributed by atoms with Crippen molar-refractivity contribution in [1.82, 2.24) is 0 Å². The van der Waals surface area contributed by atoms with Gasteiger partial charge in [-0.2, -0.15) is 0 Å². The minimum absolute atomic E-state index is 0.333. The number of halogens is 1. The highest BCUT2D eigenvalue weighted by Crippen LogP contribution is 2.26. The Morgan fingerprint density at radius 2 is 2.20 bits per heavy atom. The number of anilines is 2. The molecule has 0 radical (unpaired) electrons. The fraction of sp³-hybridized carbons (Fsp3) is 0.455. The third-order valence-corrected chi connectivity index (χ3v) is 2.67. The Kier molecular flexibility index (Phi) is 4.24. The number of aliphatic hydroxyl groups excluding tert-OH is 1. The van der Waals surface area contributed by atoms with Crippen LogP contribution in [0.3, 0.4) is 0 Å². The standard InChI is InChI=1S/C11H17ClN2O/c1-3-8(15)6-14-11-5-9(12)10(13)4-7(11)2/h4-5,8,14-15H,3,6,13H2,1-2H3. The van der Waals surface area contributed by atoms with Crippen LogP contribution in [-0.4, -0.2) is 17.8 Å². The lowest BCUT2D eigenvalue weighted by molar-refractivity contribution is 0.183. The summed E-state index contributed by atoms with van der Waals surface area (Å²) < 4.78 is 0. The fourth-order valence-corrected chi connectivity index (χ4v) is 1.43. The van der Waals surface area contributed by atoms with Gasteiger partial charge in [-0.05, 0) is 31.0 Å². The van der Waals surface area contributed by atoms with E-state index in [0.717, 1.165) is 17.7 Å². The van der Waals surface area contributed by atoms with E-state index in [1.165, 1.54) is 0 Å². The van der Waals surface area contributed by atoms with Crippen LogP contribution in [0.15, 0.2) is 12.1 Å². The smallest absolute Gasteiger partial charge is 0.0709 e. The minimum atomic E-state index is -0.333. The lowest BCUT2D eigenvalue weighted by atomic mass is 10.1. The highest BCUT2D eigenvalue weighted by Gasteiger charge is 2.05. The van der Waals surface area contributed by atoms with Gasteiger partial charge in [-0.25, -0.2) is 0 Å². The van der Waals surface area contributed by atoms with Gasteiger partial charge in [-0.15, -0.1) is 0 Å². The number of aryl methyl sites for hydroxylation is 1. The quantitative estimate of drug-likeness (QED) is 0.694. The molecule has 0 saturated heterocycles. The topological polar surface area (TPSA) is 58.3 Å². The third-order valence-electron chi connectivity index (χ3n) is 2.34. The second kappa shape index (κ2) is 5.24. The molecule has 1 atom stereocenters. The first-order valence-corrected chi connectivity index (χ1v) is 5.40. The van der Waals surface area contributed by atoms with Crippen LogP contribution in [0.5, 0.6) is 0 Å². The van der Waals surface area contributed by atoms with Crippen molar-refractivity contribution in [3.63, 3.8) is 0 Å². The molecule has 0 bridgehead atoms. The first-order chi connectivity index (χ1) is 7.04. The molecular weight excluding hydrogens is 212 g/mol. The van der Waals surface area contributed by atoms with Crippen molar-refractivity contribution < 1.29 is 5.11 Å². The molecule has 0 aliphatic heterocycles. The number of nitrogens with one attached hydrogen (secondary N) is 1. The summed E-state index contributed by atoms with van der Waals surface area (Å²) in [4.78, 5) is 0. The second-order valence-electron chi connectivity index (χ2n) is 3.63. The molecule has 15 heavy (non-hydrogen) atoms. The molecule has 0 saturated carbocycles. The van der Waals surface area contributed by atoms with Gasteiger partial charge < -0.3 is 16.2 Å². The van der Waals surface area contributed by atoms with Crippen LogP contribution >= 0.6 is 11.6 Å². The summed E-state index contributed by atoms with van der Waals surface area (Å²) in [6, 6.07) is 3.61. The van der Waals surface area contributed by atoms with Crippen molar-refractivity contribution in [3.05, 3.63) is 22.7 Å². The minimum Gasteiger partial charge on any atom is -0.398 e. The van der Waals surface area contributed by atoms with Crippen LogP contribution in [0.25, 0.3) is 0 Å². The summed E-state index contributed by atoms with van der Waals surface area (Å²) in [5.41, 5.74) is 8.19. The number of aliphatic hydroxyl groups is 1. The summed E-state index contributed by atoms with van der Waals surface area (Å²) in [6.45, 7) is 4.42. The number of rotatable bonds is 4. The summed E-state index contributed by atoms with van der Waals surface area (Å²) in [5, 5.41) is 13.1. The van der Waals surface area contributed by atoms with Gasteiger partial charge >= 0.3 is 0 Å². The van der Waals surface area contributed by atoms with E-state index in [0.29, 0.717) is 17.3 Å². The lowest BCUT2D eigenvalue weighted by Crippen LogP contribution is -2.18. The molecule has 3 nitrogen and oxygen atoms in total. The van der Waals surface area contributed by atoms with Crippen molar-refractivity contribution >= 4 is 23.0 Å². The lowest BCUT2D eigenvalue weighted by Gasteiger charge is -2.14. The van der Waals surface area contributed by atoms with E-state index in [-0.39, 0.29) is 6.10 Å². The van der Waals surface area contributed by atoms with E-state index < -0.39 is 0 Å². The first kappa shape index (κ1) is 12.1. The highest BCUT2D eigenvalue weighted by molar-refractivity contribution is 6.33. The van der Waals surface area contributed by atoms with Gasteiger partial charge in [0.05, 0.1) is 16.8 Å². The number of nitrogen functional groups attached to an aromatic ring is 1. The zero-order valence-electron chi connectivity index (χ0n) is 9.05. The maximum atomic E-state index is 9.41. The zero-order valence-corrected chi connectivity index (χ0v) is 9.80. The van der Waals surface area contributed by atoms with Gasteiger partial charge in [0.1, 0.15) is 0 Å². The molecule has 0 aliphatic carbocycles. The Balaban J connectivity index is 2.73. The Bertz CT molecular complexity index is 342. The average Bonchev–Trinajstić information content (AvgIpc) is 2.21. The van der Waals surface area contributed by atoms with Crippen LogP contribution in [-0.2, 0) is 0 Å². The van der Waals surface area contributed by atoms with Crippen molar-refractivity contribution in [3.8, 4) is 0 Å². The van der Waals surface area contributed by atoms with Gasteiger partial charge in [0, 0.05) is 12.2 Å². The monoisotopic (exact) mass is 228 g/mol. The highest BCUT2D eigenvalue weighted by atomic mass is 35.5. The molecule has 0 aromatic heterocycles. The Morgan fingerprint density at radius 1 is 1.53 bits per heavy atom. The van der Waals surface area contributed by atoms with Gasteiger partial charge in [0.25, 0.3) is 0 Å². The van der Waals surface area contributed by atoms with Crippen LogP contribution in [0.4, 0.5) is 11.4 Å². The second-order valence-corrected chi connectivity index (χ2v) is 4.04. The third kappa shape index (κ3) is 3.29. The summed E-state index contributed by atoms with van der Waals surface area (Å²) in [7, 11) is 0. The SMILES string of the molecule is CCC(O)CNc1cc(Cl)c(N)cc1C. The van der Waals surface area contributed by atoms with Crippen molar-refractivity contribution in [1.29, 1.82) is 0 Å². The molecule has 1 aromatic rings. The molecule has 1 rings (SSSR count). The van der Waals surface area contributed by atoms with Gasteiger partial charge in [-0.1, -0.05) is 18.5 Å². The zero-order chi connectivity index (χ0) is 11.4. The number of nitrogens with two attached hydrogens (primary N) is 1. The molecule has 0 spiro atoms. The predicted molar refractivity (Wildman–Crippen MR) is 65.4 cm³/mol. The van der Waals surface area contributed by atoms with Crippen LogP contribution in [0, 0.1) is 6.92 Å². The molecule has 0 fully saturated rings. The number of hydrogen-bond donors (Lipinski definition) is 3. The van der Waals surface area contributed by atoms with Crippen LogP contribution < -0.4 is 11.1 Å². The van der Waals surface area contributed by atoms with Gasteiger partial charge in [-0.3, -0.25) is 0 Å². The normalized spacial score (nSPS) is 12.5. The molecular formula is C11H17ClN2O. The summed E-state index contributed by atoms with van der Waals surface area (Å²) in [6.07, 6.45) is 0.398. The maximum absolute atomic E-state index is 9.41. The first-order valence-electron chi connectivity index (χ1n) is 5.02. The van der Waals surface area contributed by atoms with Crippen molar-refractivity contribution in [2.45, 2.75) is 26.4 Å². The summed E-state index contributed by atoms with van der Waals surface area (Å²) in [5.74, 6) is 0. The van der Waals surface area contributed by atoms with E-state index >= 15 is 0 Å². The molecule has 0 aliphatic rings. The molecule has 1 aromatic carbocycles. The van der Waals surface area contributed by atoms with E-state index in [9.17, 15) is 5.11 Å². The van der Waals surface area contributed by atoms with E-state index in [2.05, 4.69) is 5.32 Å². The molecule has 84 valence electrons. The van der Waals surface area contributed by atoms with E-state index in [4.69, 9.17) is 17.3 Å². The molecule has 0 heterocycles. The molecule has 4 N–H and O–H groups in total. The predicted octanol–water partition coefficient (Wildman–Crippen LogP) is 2.41. The molecule has 0 amide bonds. The Labute approximate surface area is 95.2 Å². The Hall–Kier alpha value is -0.930. The number of benzene rings is 1. The van der Waals surface area contributed by atoms with Gasteiger partial charge in [0.15, 0.2) is 0 Å². The largest absolute Gasteiger partial charge is 0.398 e.